The Balaban J connectivity index is 1.81. The summed E-state index contributed by atoms with van der Waals surface area (Å²) < 4.78 is 15.8. The second-order valence-electron chi connectivity index (χ2n) is 7.13. The van der Waals surface area contributed by atoms with Crippen LogP contribution in [0.2, 0.25) is 0 Å². The first-order valence-electron chi connectivity index (χ1n) is 9.73. The third-order valence-corrected chi connectivity index (χ3v) is 5.25. The van der Waals surface area contributed by atoms with Crippen LogP contribution in [-0.4, -0.2) is 45.3 Å². The van der Waals surface area contributed by atoms with Crippen LogP contribution in [0.25, 0.3) is 6.08 Å². The Bertz CT molecular complexity index is 875. The van der Waals surface area contributed by atoms with Crippen molar-refractivity contribution in [3.8, 4) is 23.0 Å². The Kier molecular flexibility index (Phi) is 6.77. The zero-order valence-corrected chi connectivity index (χ0v) is 17.2. The fraction of sp³-hybridized carbons (Fsp3) is 0.348. The van der Waals surface area contributed by atoms with Crippen LogP contribution in [-0.2, 0) is 6.54 Å². The molecule has 3 rings (SSSR count). The van der Waals surface area contributed by atoms with Gasteiger partial charge in [0.25, 0.3) is 0 Å². The molecule has 0 unspecified atom stereocenters. The predicted octanol–water partition coefficient (Wildman–Crippen LogP) is 2.49. The lowest BCUT2D eigenvalue weighted by Crippen LogP contribution is -3.08. The number of likely N-dealkylation sites (tertiary alicyclic amines) is 1. The Morgan fingerprint density at radius 1 is 1.00 bits per heavy atom. The fourth-order valence-corrected chi connectivity index (χ4v) is 3.67. The number of aromatic hydroxyl groups is 1. The number of hydrogen-bond acceptors (Lipinski definition) is 5. The molecule has 1 aliphatic rings. The minimum absolute atomic E-state index is 0.0670. The molecule has 2 aromatic carbocycles. The number of carbonyl (C=O) groups is 1. The summed E-state index contributed by atoms with van der Waals surface area (Å²) in [6.45, 7) is 3.18. The highest BCUT2D eigenvalue weighted by molar-refractivity contribution is 6.07. The Labute approximate surface area is 171 Å². The third kappa shape index (κ3) is 4.90. The summed E-state index contributed by atoms with van der Waals surface area (Å²) in [4.78, 5) is 14.3. The molecule has 2 aromatic rings. The van der Waals surface area contributed by atoms with E-state index in [-0.39, 0.29) is 23.0 Å². The number of quaternary nitrogens is 1. The van der Waals surface area contributed by atoms with E-state index in [0.717, 1.165) is 30.9 Å². The highest BCUT2D eigenvalue weighted by atomic mass is 16.5. The van der Waals surface area contributed by atoms with Gasteiger partial charge in [-0.15, -0.1) is 0 Å². The minimum Gasteiger partial charge on any atom is -0.502 e. The molecule has 0 radical (unpaired) electrons. The lowest BCUT2D eigenvalue weighted by molar-refractivity contribution is -0.901. The number of benzene rings is 2. The second-order valence-corrected chi connectivity index (χ2v) is 7.13. The number of nitrogens with one attached hydrogen (secondary N) is 1. The summed E-state index contributed by atoms with van der Waals surface area (Å²) in [5, 5.41) is 10.0. The second kappa shape index (κ2) is 9.47. The number of rotatable bonds is 8. The molecule has 1 aliphatic heterocycles. The van der Waals surface area contributed by atoms with Crippen molar-refractivity contribution >= 4 is 11.9 Å². The lowest BCUT2D eigenvalue weighted by Gasteiger charge is -2.15. The predicted molar refractivity (Wildman–Crippen MR) is 111 cm³/mol. The molecule has 6 heteroatoms. The molecule has 2 N–H and O–H groups in total. The van der Waals surface area contributed by atoms with Gasteiger partial charge in [-0.3, -0.25) is 4.79 Å². The van der Waals surface area contributed by atoms with Crippen LogP contribution >= 0.6 is 0 Å². The topological polar surface area (TPSA) is 69.4 Å². The quantitative estimate of drug-likeness (QED) is 0.528. The van der Waals surface area contributed by atoms with Gasteiger partial charge in [-0.25, -0.2) is 0 Å². The standard InChI is InChI=1S/C23H27NO5/c1-27-20-9-7-17(14-18(20)15-24-10-4-5-11-24)19(25)8-6-16-12-21(28-2)23(26)22(13-16)29-3/h6-9,12-14,26H,4-5,10-11,15H2,1-3H3/p+1/b8-6+. The lowest BCUT2D eigenvalue weighted by atomic mass is 10.0. The normalized spacial score (nSPS) is 14.3. The largest absolute Gasteiger partial charge is 0.502 e. The third-order valence-electron chi connectivity index (χ3n) is 5.25. The van der Waals surface area contributed by atoms with Gasteiger partial charge in [0.1, 0.15) is 12.3 Å². The van der Waals surface area contributed by atoms with Crippen molar-refractivity contribution < 1.29 is 29.0 Å². The van der Waals surface area contributed by atoms with E-state index in [4.69, 9.17) is 14.2 Å². The van der Waals surface area contributed by atoms with Crippen LogP contribution in [0.1, 0.15) is 34.3 Å². The maximum atomic E-state index is 12.7. The summed E-state index contributed by atoms with van der Waals surface area (Å²) in [6.07, 6.45) is 5.69. The SMILES string of the molecule is COc1ccc(C(=O)/C=C/c2cc(OC)c(O)c(OC)c2)cc1C[NH+]1CCCC1. The van der Waals surface area contributed by atoms with Crippen molar-refractivity contribution in [1.29, 1.82) is 0 Å². The number of phenolic OH excluding ortho intramolecular Hbond substituents is 1. The van der Waals surface area contributed by atoms with E-state index < -0.39 is 0 Å². The zero-order chi connectivity index (χ0) is 20.8. The molecule has 6 nitrogen and oxygen atoms in total. The molecule has 0 aliphatic carbocycles. The molecule has 0 atom stereocenters. The van der Waals surface area contributed by atoms with Gasteiger partial charge in [-0.2, -0.15) is 0 Å². The summed E-state index contributed by atoms with van der Waals surface area (Å²) >= 11 is 0. The Morgan fingerprint density at radius 2 is 1.62 bits per heavy atom. The van der Waals surface area contributed by atoms with Gasteiger partial charge in [-0.1, -0.05) is 6.08 Å². The number of ketones is 1. The number of hydrogen-bond donors (Lipinski definition) is 2. The maximum Gasteiger partial charge on any atom is 0.200 e. The molecular weight excluding hydrogens is 370 g/mol. The monoisotopic (exact) mass is 398 g/mol. The summed E-state index contributed by atoms with van der Waals surface area (Å²) in [5.74, 6) is 1.23. The number of allylic oxidation sites excluding steroid dienone is 1. The van der Waals surface area contributed by atoms with Crippen LogP contribution in [0, 0.1) is 0 Å². The fourth-order valence-electron chi connectivity index (χ4n) is 3.67. The van der Waals surface area contributed by atoms with Crippen molar-refractivity contribution in [1.82, 2.24) is 0 Å². The number of phenols is 1. The van der Waals surface area contributed by atoms with E-state index in [9.17, 15) is 9.90 Å². The number of methoxy groups -OCH3 is 3. The molecule has 1 fully saturated rings. The summed E-state index contributed by atoms with van der Waals surface area (Å²) in [6, 6.07) is 8.87. The van der Waals surface area contributed by atoms with E-state index in [1.54, 1.807) is 31.4 Å². The average Bonchev–Trinajstić information content (AvgIpc) is 3.25. The van der Waals surface area contributed by atoms with Crippen LogP contribution < -0.4 is 19.1 Å². The van der Waals surface area contributed by atoms with Crippen molar-refractivity contribution in [3.05, 3.63) is 53.1 Å². The van der Waals surface area contributed by atoms with Gasteiger partial charge in [0.05, 0.1) is 34.4 Å². The van der Waals surface area contributed by atoms with E-state index >= 15 is 0 Å². The highest BCUT2D eigenvalue weighted by Gasteiger charge is 2.19. The summed E-state index contributed by atoms with van der Waals surface area (Å²) in [7, 11) is 4.59. The van der Waals surface area contributed by atoms with Crippen LogP contribution in [0.3, 0.4) is 0 Å². The molecule has 0 bridgehead atoms. The molecule has 29 heavy (non-hydrogen) atoms. The van der Waals surface area contributed by atoms with Gasteiger partial charge in [0, 0.05) is 24.0 Å². The molecule has 0 spiro atoms. The van der Waals surface area contributed by atoms with Crippen molar-refractivity contribution in [2.45, 2.75) is 19.4 Å². The minimum atomic E-state index is -0.101. The van der Waals surface area contributed by atoms with E-state index in [2.05, 4.69) is 0 Å². The van der Waals surface area contributed by atoms with Crippen molar-refractivity contribution in [2.75, 3.05) is 34.4 Å². The first-order valence-corrected chi connectivity index (χ1v) is 9.73. The molecule has 0 amide bonds. The first kappa shape index (κ1) is 20.7. The first-order chi connectivity index (χ1) is 14.0. The Hall–Kier alpha value is -2.99. The number of carbonyl (C=O) groups excluding carboxylic acids is 1. The Morgan fingerprint density at radius 3 is 2.21 bits per heavy atom. The van der Waals surface area contributed by atoms with E-state index in [1.165, 1.54) is 38.0 Å². The highest BCUT2D eigenvalue weighted by Crippen LogP contribution is 2.37. The molecule has 1 saturated heterocycles. The molecule has 0 saturated carbocycles. The average molecular weight is 398 g/mol. The maximum absolute atomic E-state index is 12.7. The zero-order valence-electron chi connectivity index (χ0n) is 17.2. The van der Waals surface area contributed by atoms with Crippen molar-refractivity contribution in [2.24, 2.45) is 0 Å². The number of ether oxygens (including phenoxy) is 3. The van der Waals surface area contributed by atoms with Gasteiger partial charge in [-0.05, 0) is 42.0 Å². The van der Waals surface area contributed by atoms with Gasteiger partial charge in [0.15, 0.2) is 17.3 Å². The smallest absolute Gasteiger partial charge is 0.200 e. The molecular formula is C23H28NO5+. The van der Waals surface area contributed by atoms with Gasteiger partial charge in [0.2, 0.25) is 5.75 Å². The van der Waals surface area contributed by atoms with Gasteiger partial charge >= 0.3 is 0 Å². The van der Waals surface area contributed by atoms with E-state index in [1.807, 2.05) is 12.1 Å². The molecule has 0 aromatic heterocycles. The van der Waals surface area contributed by atoms with Crippen molar-refractivity contribution in [3.63, 3.8) is 0 Å². The van der Waals surface area contributed by atoms with Gasteiger partial charge < -0.3 is 24.2 Å². The van der Waals surface area contributed by atoms with Crippen LogP contribution in [0.15, 0.2) is 36.4 Å². The summed E-state index contributed by atoms with van der Waals surface area (Å²) in [5.41, 5.74) is 2.37. The van der Waals surface area contributed by atoms with Crippen LogP contribution in [0.4, 0.5) is 0 Å². The van der Waals surface area contributed by atoms with Crippen LogP contribution in [0.5, 0.6) is 23.0 Å². The molecule has 154 valence electrons. The molecule has 1 heterocycles. The van der Waals surface area contributed by atoms with E-state index in [0.29, 0.717) is 11.1 Å².